The van der Waals surface area contributed by atoms with E-state index in [1.165, 1.54) is 16.7 Å². The maximum Gasteiger partial charge on any atom is 0.391 e. The second-order valence-corrected chi connectivity index (χ2v) is 6.81. The number of nitrogens with zero attached hydrogens (tertiary/aromatic N) is 1. The molecule has 0 saturated heterocycles. The molecule has 2 aromatic rings. The fourth-order valence-corrected chi connectivity index (χ4v) is 3.62. The number of H-pyrrole nitrogens is 1. The van der Waals surface area contributed by atoms with Crippen molar-refractivity contribution in [1.29, 1.82) is 0 Å². The SMILES string of the molecule is CCn1c(=O)c(=O)[nH]c2cc(C(=O)N[C@@H]3CCC[C@@H](C(F)(F)F)C3)ccc21. The lowest BCUT2D eigenvalue weighted by atomic mass is 9.85. The van der Waals surface area contributed by atoms with Crippen LogP contribution in [0.1, 0.15) is 43.0 Å². The Morgan fingerprint density at radius 1 is 1.30 bits per heavy atom. The second-order valence-electron chi connectivity index (χ2n) is 6.81. The van der Waals surface area contributed by atoms with E-state index in [0.29, 0.717) is 30.4 Å². The molecule has 0 radical (unpaired) electrons. The van der Waals surface area contributed by atoms with E-state index in [2.05, 4.69) is 10.3 Å². The predicted molar refractivity (Wildman–Crippen MR) is 93.8 cm³/mol. The minimum Gasteiger partial charge on any atom is -0.349 e. The van der Waals surface area contributed by atoms with Crippen molar-refractivity contribution in [1.82, 2.24) is 14.9 Å². The van der Waals surface area contributed by atoms with Gasteiger partial charge in [-0.3, -0.25) is 14.4 Å². The summed E-state index contributed by atoms with van der Waals surface area (Å²) in [6, 6.07) is 3.93. The van der Waals surface area contributed by atoms with Gasteiger partial charge < -0.3 is 14.9 Å². The van der Waals surface area contributed by atoms with Crippen LogP contribution in [0.3, 0.4) is 0 Å². The molecule has 0 spiro atoms. The number of benzene rings is 1. The minimum absolute atomic E-state index is 0.0849. The average molecular weight is 383 g/mol. The summed E-state index contributed by atoms with van der Waals surface area (Å²) in [5.74, 6) is -1.90. The molecule has 2 atom stereocenters. The van der Waals surface area contributed by atoms with E-state index in [-0.39, 0.29) is 18.4 Å². The number of aromatic amines is 1. The number of aryl methyl sites for hydroxylation is 1. The van der Waals surface area contributed by atoms with Gasteiger partial charge in [-0.25, -0.2) is 0 Å². The molecule has 1 amide bonds. The van der Waals surface area contributed by atoms with Crippen molar-refractivity contribution in [3.05, 3.63) is 44.5 Å². The first-order valence-corrected chi connectivity index (χ1v) is 8.85. The Balaban J connectivity index is 1.83. The second kappa shape index (κ2) is 7.21. The van der Waals surface area contributed by atoms with Gasteiger partial charge in [0.25, 0.3) is 5.91 Å². The van der Waals surface area contributed by atoms with Gasteiger partial charge in [0.15, 0.2) is 0 Å². The maximum absolute atomic E-state index is 12.9. The molecule has 27 heavy (non-hydrogen) atoms. The molecule has 3 rings (SSSR count). The van der Waals surface area contributed by atoms with Crippen LogP contribution in [0.15, 0.2) is 27.8 Å². The van der Waals surface area contributed by atoms with Crippen LogP contribution in [-0.2, 0) is 6.54 Å². The molecule has 1 aromatic carbocycles. The topological polar surface area (TPSA) is 84.0 Å². The van der Waals surface area contributed by atoms with Crippen LogP contribution in [0.4, 0.5) is 13.2 Å². The largest absolute Gasteiger partial charge is 0.391 e. The lowest BCUT2D eigenvalue weighted by molar-refractivity contribution is -0.183. The third-order valence-corrected chi connectivity index (χ3v) is 5.03. The zero-order valence-electron chi connectivity index (χ0n) is 14.7. The normalized spacial score (nSPS) is 20.6. The van der Waals surface area contributed by atoms with Crippen molar-refractivity contribution in [2.45, 2.75) is 51.4 Å². The number of carbonyl (C=O) groups excluding carboxylic acids is 1. The zero-order valence-corrected chi connectivity index (χ0v) is 14.7. The molecule has 1 aliphatic carbocycles. The van der Waals surface area contributed by atoms with Gasteiger partial charge in [-0.15, -0.1) is 0 Å². The zero-order chi connectivity index (χ0) is 19.8. The number of amides is 1. The first-order chi connectivity index (χ1) is 12.7. The van der Waals surface area contributed by atoms with Crippen molar-refractivity contribution < 1.29 is 18.0 Å². The highest BCUT2D eigenvalue weighted by atomic mass is 19.4. The van der Waals surface area contributed by atoms with Gasteiger partial charge in [0.2, 0.25) is 0 Å². The number of hydrogen-bond donors (Lipinski definition) is 2. The average Bonchev–Trinajstić information content (AvgIpc) is 2.62. The molecule has 6 nitrogen and oxygen atoms in total. The molecule has 0 aliphatic heterocycles. The lowest BCUT2D eigenvalue weighted by Crippen LogP contribution is -2.41. The summed E-state index contributed by atoms with van der Waals surface area (Å²) < 4.78 is 40.0. The van der Waals surface area contributed by atoms with Crippen molar-refractivity contribution in [2.24, 2.45) is 5.92 Å². The van der Waals surface area contributed by atoms with Gasteiger partial charge in [-0.05, 0) is 44.4 Å². The molecular formula is C18H20F3N3O3. The number of hydrogen-bond acceptors (Lipinski definition) is 3. The third-order valence-electron chi connectivity index (χ3n) is 5.03. The molecule has 0 bridgehead atoms. The number of alkyl halides is 3. The summed E-state index contributed by atoms with van der Waals surface area (Å²) in [6.07, 6.45) is -3.40. The summed E-state index contributed by atoms with van der Waals surface area (Å²) in [7, 11) is 0. The van der Waals surface area contributed by atoms with Crippen LogP contribution in [0.2, 0.25) is 0 Å². The molecule has 1 fully saturated rings. The van der Waals surface area contributed by atoms with Crippen molar-refractivity contribution in [2.75, 3.05) is 0 Å². The molecule has 1 aromatic heterocycles. The Morgan fingerprint density at radius 3 is 2.70 bits per heavy atom. The summed E-state index contributed by atoms with van der Waals surface area (Å²) in [4.78, 5) is 38.5. The third kappa shape index (κ3) is 3.91. The van der Waals surface area contributed by atoms with Crippen LogP contribution in [0, 0.1) is 5.92 Å². The molecule has 1 aliphatic rings. The number of rotatable bonds is 3. The number of carbonyl (C=O) groups is 1. The molecule has 1 heterocycles. The Bertz CT molecular complexity index is 978. The van der Waals surface area contributed by atoms with Gasteiger partial charge in [-0.2, -0.15) is 13.2 Å². The van der Waals surface area contributed by atoms with Crippen molar-refractivity contribution >= 4 is 16.9 Å². The Morgan fingerprint density at radius 2 is 2.04 bits per heavy atom. The van der Waals surface area contributed by atoms with Crippen LogP contribution in [0.25, 0.3) is 11.0 Å². The van der Waals surface area contributed by atoms with E-state index in [1.807, 2.05) is 0 Å². The quantitative estimate of drug-likeness (QED) is 0.799. The van der Waals surface area contributed by atoms with E-state index in [9.17, 15) is 27.6 Å². The fourth-order valence-electron chi connectivity index (χ4n) is 3.62. The predicted octanol–water partition coefficient (Wildman–Crippen LogP) is 2.56. The summed E-state index contributed by atoms with van der Waals surface area (Å²) in [6.45, 7) is 2.02. The van der Waals surface area contributed by atoms with Gasteiger partial charge in [0.1, 0.15) is 0 Å². The van der Waals surface area contributed by atoms with Gasteiger partial charge >= 0.3 is 17.3 Å². The maximum atomic E-state index is 12.9. The molecule has 146 valence electrons. The molecule has 1 saturated carbocycles. The smallest absolute Gasteiger partial charge is 0.349 e. The van der Waals surface area contributed by atoms with Crippen LogP contribution >= 0.6 is 0 Å². The number of halogens is 3. The number of nitrogens with one attached hydrogen (secondary N) is 2. The van der Waals surface area contributed by atoms with Crippen LogP contribution < -0.4 is 16.4 Å². The molecule has 9 heteroatoms. The Hall–Kier alpha value is -2.58. The van der Waals surface area contributed by atoms with Gasteiger partial charge in [0.05, 0.1) is 17.0 Å². The van der Waals surface area contributed by atoms with Crippen LogP contribution in [-0.4, -0.2) is 27.7 Å². The number of aromatic nitrogens is 2. The highest BCUT2D eigenvalue weighted by molar-refractivity contribution is 5.97. The standard InChI is InChI=1S/C18H20F3N3O3/c1-2-24-14-7-6-10(8-13(14)23-16(26)17(24)27)15(25)22-12-5-3-4-11(9-12)18(19,20)21/h6-8,11-12H,2-5,9H2,1H3,(H,22,25)(H,23,26)/t11-,12-/m1/s1. The fraction of sp³-hybridized carbons (Fsp3) is 0.500. The summed E-state index contributed by atoms with van der Waals surface area (Å²) in [5, 5.41) is 2.66. The monoisotopic (exact) mass is 383 g/mol. The molecular weight excluding hydrogens is 363 g/mol. The van der Waals surface area contributed by atoms with Crippen molar-refractivity contribution in [3.8, 4) is 0 Å². The highest BCUT2D eigenvalue weighted by Crippen LogP contribution is 2.37. The van der Waals surface area contributed by atoms with Gasteiger partial charge in [-0.1, -0.05) is 6.42 Å². The van der Waals surface area contributed by atoms with E-state index in [1.54, 1.807) is 13.0 Å². The van der Waals surface area contributed by atoms with E-state index in [4.69, 9.17) is 0 Å². The van der Waals surface area contributed by atoms with Crippen LogP contribution in [0.5, 0.6) is 0 Å². The summed E-state index contributed by atoms with van der Waals surface area (Å²) in [5.41, 5.74) is -0.447. The van der Waals surface area contributed by atoms with Crippen molar-refractivity contribution in [3.63, 3.8) is 0 Å². The first kappa shape index (κ1) is 19.2. The summed E-state index contributed by atoms with van der Waals surface area (Å²) >= 11 is 0. The molecule has 0 unspecified atom stereocenters. The van der Waals surface area contributed by atoms with Gasteiger partial charge in [0, 0.05) is 18.2 Å². The minimum atomic E-state index is -4.25. The Labute approximate surface area is 152 Å². The first-order valence-electron chi connectivity index (χ1n) is 8.85. The molecule has 2 N–H and O–H groups in total. The van der Waals surface area contributed by atoms with E-state index in [0.717, 1.165) is 0 Å². The van der Waals surface area contributed by atoms with E-state index < -0.39 is 35.2 Å². The number of fused-ring (bicyclic) bond motifs is 1. The van der Waals surface area contributed by atoms with E-state index >= 15 is 0 Å². The lowest BCUT2D eigenvalue weighted by Gasteiger charge is -2.31. The Kier molecular flexibility index (Phi) is 5.12. The highest BCUT2D eigenvalue weighted by Gasteiger charge is 2.42.